The zero-order chi connectivity index (χ0) is 14.7. The average Bonchev–Trinajstić information content (AvgIpc) is 2.80. The van der Waals surface area contributed by atoms with Crippen molar-refractivity contribution in [3.8, 4) is 5.75 Å². The third-order valence-corrected chi connectivity index (χ3v) is 3.52. The molecule has 0 saturated heterocycles. The molecule has 1 heterocycles. The molecule has 0 atom stereocenters. The van der Waals surface area contributed by atoms with Crippen LogP contribution in [0.15, 0.2) is 35.6 Å². The number of hydrogen-bond donors (Lipinski definition) is 0. The number of hydrogen-bond acceptors (Lipinski definition) is 3. The summed E-state index contributed by atoms with van der Waals surface area (Å²) in [6, 6.07) is 6.06. The Balaban J connectivity index is 2.40. The van der Waals surface area contributed by atoms with Crippen LogP contribution < -0.4 is 4.43 Å². The molecule has 0 aliphatic heterocycles. The van der Waals surface area contributed by atoms with Gasteiger partial charge in [-0.25, -0.2) is 4.99 Å². The van der Waals surface area contributed by atoms with E-state index in [9.17, 15) is 0 Å². The van der Waals surface area contributed by atoms with Gasteiger partial charge in [-0.15, -0.1) is 0 Å². The molecular formula is C15H20N3OSi. The molecule has 0 N–H and O–H groups in total. The quantitative estimate of drug-likeness (QED) is 0.637. The van der Waals surface area contributed by atoms with E-state index in [1.165, 1.54) is 0 Å². The molecule has 1 radical (unpaired) electrons. The van der Waals surface area contributed by atoms with Crippen molar-refractivity contribution in [3.05, 3.63) is 41.7 Å². The molecule has 0 spiro atoms. The molecule has 2 aromatic rings. The Morgan fingerprint density at radius 2 is 2.10 bits per heavy atom. The van der Waals surface area contributed by atoms with Gasteiger partial charge >= 0.3 is 0 Å². The van der Waals surface area contributed by atoms with E-state index < -0.39 is 9.04 Å². The third-order valence-electron chi connectivity index (χ3n) is 2.91. The molecule has 1 aromatic carbocycles. The first-order valence-corrected chi connectivity index (χ1v) is 9.00. The largest absolute Gasteiger partial charge is 0.541 e. The monoisotopic (exact) mass is 286 g/mol. The summed E-state index contributed by atoms with van der Waals surface area (Å²) in [6.07, 6.45) is 3.79. The van der Waals surface area contributed by atoms with E-state index in [2.05, 4.69) is 31.2 Å². The van der Waals surface area contributed by atoms with Gasteiger partial charge in [-0.2, -0.15) is 5.10 Å². The van der Waals surface area contributed by atoms with Crippen LogP contribution in [0.5, 0.6) is 5.75 Å². The lowest BCUT2D eigenvalue weighted by Crippen LogP contribution is -2.12. The first kappa shape index (κ1) is 14.5. The molecule has 0 unspecified atom stereocenters. The van der Waals surface area contributed by atoms with E-state index in [-0.39, 0.29) is 0 Å². The Hall–Kier alpha value is -1.88. The molecule has 0 aliphatic rings. The Bertz CT molecular complexity index is 632. The van der Waals surface area contributed by atoms with Gasteiger partial charge < -0.3 is 4.43 Å². The number of benzene rings is 1. The summed E-state index contributed by atoms with van der Waals surface area (Å²) in [5.74, 6) is 0.898. The van der Waals surface area contributed by atoms with Crippen molar-refractivity contribution >= 4 is 20.4 Å². The lowest BCUT2D eigenvalue weighted by atomic mass is 10.2. The van der Waals surface area contributed by atoms with Crippen molar-refractivity contribution in [3.63, 3.8) is 0 Å². The van der Waals surface area contributed by atoms with Crippen molar-refractivity contribution in [1.29, 1.82) is 0 Å². The number of aliphatic imine (C=N–C) groups is 1. The normalized spacial score (nSPS) is 12.0. The Morgan fingerprint density at radius 3 is 2.70 bits per heavy atom. The minimum absolute atomic E-state index is 0.812. The topological polar surface area (TPSA) is 39.4 Å². The molecule has 5 heteroatoms. The lowest BCUT2D eigenvalue weighted by molar-refractivity contribution is 0.577. The van der Waals surface area contributed by atoms with Gasteiger partial charge in [-0.1, -0.05) is 12.1 Å². The number of aryl methyl sites for hydroxylation is 2. The second kappa shape index (κ2) is 6.05. The Kier molecular flexibility index (Phi) is 4.39. The van der Waals surface area contributed by atoms with Gasteiger partial charge in [0, 0.05) is 24.5 Å². The van der Waals surface area contributed by atoms with Crippen molar-refractivity contribution in [2.75, 3.05) is 0 Å². The molecule has 2 rings (SSSR count). The van der Waals surface area contributed by atoms with Crippen LogP contribution in [0, 0.1) is 6.92 Å². The van der Waals surface area contributed by atoms with Gasteiger partial charge in [0.05, 0.1) is 6.20 Å². The first-order valence-electron chi connectivity index (χ1n) is 6.59. The molecule has 105 valence electrons. The summed E-state index contributed by atoms with van der Waals surface area (Å²) in [5.41, 5.74) is 3.97. The van der Waals surface area contributed by atoms with Crippen molar-refractivity contribution in [2.24, 2.45) is 12.0 Å². The zero-order valence-corrected chi connectivity index (χ0v) is 13.6. The Morgan fingerprint density at radius 1 is 1.35 bits per heavy atom. The fourth-order valence-corrected chi connectivity index (χ4v) is 2.59. The minimum Gasteiger partial charge on any atom is -0.541 e. The van der Waals surface area contributed by atoms with Crippen LogP contribution in [0.2, 0.25) is 13.1 Å². The molecule has 0 aliphatic carbocycles. The zero-order valence-electron chi connectivity index (χ0n) is 12.6. The molecule has 0 fully saturated rings. The van der Waals surface area contributed by atoms with Gasteiger partial charge in [0.15, 0.2) is 0 Å². The highest BCUT2D eigenvalue weighted by Gasteiger charge is 2.10. The van der Waals surface area contributed by atoms with Gasteiger partial charge in [0.2, 0.25) is 0 Å². The van der Waals surface area contributed by atoms with Crippen molar-refractivity contribution in [2.45, 2.75) is 26.9 Å². The van der Waals surface area contributed by atoms with E-state index in [0.29, 0.717) is 0 Å². The summed E-state index contributed by atoms with van der Waals surface area (Å²) in [5, 5.41) is 4.18. The number of para-hydroxylation sites is 1. The van der Waals surface area contributed by atoms with Crippen LogP contribution in [0.4, 0.5) is 5.69 Å². The van der Waals surface area contributed by atoms with Crippen LogP contribution >= 0.6 is 0 Å². The van der Waals surface area contributed by atoms with Crippen LogP contribution in [-0.2, 0) is 7.05 Å². The second-order valence-electron chi connectivity index (χ2n) is 5.03. The van der Waals surface area contributed by atoms with Gasteiger partial charge in [0.25, 0.3) is 9.04 Å². The van der Waals surface area contributed by atoms with Gasteiger partial charge in [-0.3, -0.25) is 4.68 Å². The molecular weight excluding hydrogens is 266 g/mol. The summed E-state index contributed by atoms with van der Waals surface area (Å²) in [6.45, 7) is 8.29. The van der Waals surface area contributed by atoms with Crippen LogP contribution in [-0.4, -0.2) is 24.5 Å². The van der Waals surface area contributed by atoms with E-state index in [4.69, 9.17) is 9.42 Å². The summed E-state index contributed by atoms with van der Waals surface area (Å²) >= 11 is 0. The maximum Gasteiger partial charge on any atom is 0.274 e. The Labute approximate surface area is 121 Å². The molecule has 20 heavy (non-hydrogen) atoms. The fraction of sp³-hybridized carbons (Fsp3) is 0.333. The van der Waals surface area contributed by atoms with E-state index >= 15 is 0 Å². The number of nitrogens with zero attached hydrogens (tertiary/aromatic N) is 3. The van der Waals surface area contributed by atoms with E-state index in [1.54, 1.807) is 4.68 Å². The molecule has 4 nitrogen and oxygen atoms in total. The summed E-state index contributed by atoms with van der Waals surface area (Å²) in [4.78, 5) is 4.71. The highest BCUT2D eigenvalue weighted by atomic mass is 28.3. The third kappa shape index (κ3) is 3.36. The van der Waals surface area contributed by atoms with Gasteiger partial charge in [0.1, 0.15) is 11.4 Å². The molecule has 0 bridgehead atoms. The minimum atomic E-state index is -0.812. The number of aromatic nitrogens is 2. The molecule has 0 saturated carbocycles. The van der Waals surface area contributed by atoms with E-state index in [1.807, 2.05) is 38.5 Å². The molecule has 1 aromatic heterocycles. The SMILES string of the molecule is CC(=Nc1cccc(C)c1O[Si](C)C)c1cnn(C)c1. The lowest BCUT2D eigenvalue weighted by Gasteiger charge is -2.14. The van der Waals surface area contributed by atoms with Gasteiger partial charge in [-0.05, 0) is 38.6 Å². The predicted molar refractivity (Wildman–Crippen MR) is 84.4 cm³/mol. The van der Waals surface area contributed by atoms with E-state index in [0.717, 1.165) is 28.3 Å². The van der Waals surface area contributed by atoms with Crippen LogP contribution in [0.3, 0.4) is 0 Å². The maximum atomic E-state index is 5.99. The number of rotatable bonds is 4. The first-order chi connectivity index (χ1) is 9.47. The predicted octanol–water partition coefficient (Wildman–Crippen LogP) is 3.50. The fourth-order valence-electron chi connectivity index (χ4n) is 1.92. The summed E-state index contributed by atoms with van der Waals surface area (Å²) < 4.78 is 7.77. The second-order valence-corrected chi connectivity index (χ2v) is 7.05. The van der Waals surface area contributed by atoms with Crippen LogP contribution in [0.1, 0.15) is 18.1 Å². The van der Waals surface area contributed by atoms with Crippen molar-refractivity contribution < 1.29 is 4.43 Å². The smallest absolute Gasteiger partial charge is 0.274 e. The molecule has 0 amide bonds. The average molecular weight is 286 g/mol. The summed E-state index contributed by atoms with van der Waals surface area (Å²) in [7, 11) is 1.09. The standard InChI is InChI=1S/C15H20N3OSi/c1-11-7-6-8-14(15(11)19-20(4)5)17-12(2)13-9-16-18(3)10-13/h6-10H,1-5H3. The maximum absolute atomic E-state index is 5.99. The highest BCUT2D eigenvalue weighted by Crippen LogP contribution is 2.32. The highest BCUT2D eigenvalue weighted by molar-refractivity contribution is 6.49. The van der Waals surface area contributed by atoms with Crippen LogP contribution in [0.25, 0.3) is 0 Å². The van der Waals surface area contributed by atoms with Crippen molar-refractivity contribution in [1.82, 2.24) is 9.78 Å².